The van der Waals surface area contributed by atoms with Crippen molar-refractivity contribution in [3.05, 3.63) is 18.0 Å². The molecule has 0 bridgehead atoms. The molecule has 1 aromatic heterocycles. The molecule has 0 saturated carbocycles. The van der Waals surface area contributed by atoms with Crippen molar-refractivity contribution < 1.29 is 0 Å². The zero-order chi connectivity index (χ0) is 10.6. The number of nitrogens with zero attached hydrogens (tertiary/aromatic N) is 3. The third-order valence-electron chi connectivity index (χ3n) is 2.52. The fraction of sp³-hybridized carbons (Fsp3) is 0.700. The smallest absolute Gasteiger partial charge is 0.0764 e. The SMILES string of the molecule is CC(CCN)N(C)Cc1ccn(C)n1. The standard InChI is InChI=1S/C10H20N4/c1-9(4-6-11)13(2)8-10-5-7-14(3)12-10/h5,7,9H,4,6,8,11H2,1-3H3. The molecule has 0 saturated heterocycles. The average Bonchev–Trinajstić information content (AvgIpc) is 2.51. The first-order valence-electron chi connectivity index (χ1n) is 5.02. The van der Waals surface area contributed by atoms with Crippen molar-refractivity contribution in [2.45, 2.75) is 25.9 Å². The third-order valence-corrected chi connectivity index (χ3v) is 2.52. The first kappa shape index (κ1) is 11.2. The minimum atomic E-state index is 0.516. The zero-order valence-corrected chi connectivity index (χ0v) is 9.27. The molecule has 0 aliphatic rings. The summed E-state index contributed by atoms with van der Waals surface area (Å²) in [6.45, 7) is 3.82. The number of hydrogen-bond donors (Lipinski definition) is 1. The van der Waals surface area contributed by atoms with Gasteiger partial charge in [-0.3, -0.25) is 9.58 Å². The lowest BCUT2D eigenvalue weighted by atomic mass is 10.2. The molecule has 14 heavy (non-hydrogen) atoms. The van der Waals surface area contributed by atoms with Crippen molar-refractivity contribution in [2.24, 2.45) is 12.8 Å². The summed E-state index contributed by atoms with van der Waals surface area (Å²) >= 11 is 0. The summed E-state index contributed by atoms with van der Waals surface area (Å²) in [4.78, 5) is 2.27. The van der Waals surface area contributed by atoms with Crippen LogP contribution in [-0.4, -0.2) is 34.3 Å². The predicted molar refractivity (Wildman–Crippen MR) is 57.8 cm³/mol. The van der Waals surface area contributed by atoms with Crippen LogP contribution in [-0.2, 0) is 13.6 Å². The van der Waals surface area contributed by atoms with Crippen LogP contribution in [0.5, 0.6) is 0 Å². The summed E-state index contributed by atoms with van der Waals surface area (Å²) in [5.74, 6) is 0. The Morgan fingerprint density at radius 3 is 2.86 bits per heavy atom. The third kappa shape index (κ3) is 3.12. The Hall–Kier alpha value is -0.870. The van der Waals surface area contributed by atoms with Crippen LogP contribution in [0.15, 0.2) is 12.3 Å². The molecule has 0 aliphatic heterocycles. The Morgan fingerprint density at radius 2 is 2.36 bits per heavy atom. The van der Waals surface area contributed by atoms with Gasteiger partial charge in [-0.15, -0.1) is 0 Å². The molecule has 4 heteroatoms. The second-order valence-corrected chi connectivity index (χ2v) is 3.82. The maximum absolute atomic E-state index is 5.52. The maximum atomic E-state index is 5.52. The van der Waals surface area contributed by atoms with Gasteiger partial charge in [0.15, 0.2) is 0 Å². The number of rotatable bonds is 5. The van der Waals surface area contributed by atoms with Crippen molar-refractivity contribution in [3.63, 3.8) is 0 Å². The van der Waals surface area contributed by atoms with Gasteiger partial charge in [0.1, 0.15) is 0 Å². The fourth-order valence-corrected chi connectivity index (χ4v) is 1.42. The molecule has 1 unspecified atom stereocenters. The first-order valence-corrected chi connectivity index (χ1v) is 5.02. The van der Waals surface area contributed by atoms with Crippen molar-refractivity contribution >= 4 is 0 Å². The van der Waals surface area contributed by atoms with E-state index in [4.69, 9.17) is 5.73 Å². The molecule has 0 spiro atoms. The van der Waals surface area contributed by atoms with Crippen molar-refractivity contribution in [3.8, 4) is 0 Å². The van der Waals surface area contributed by atoms with E-state index in [0.29, 0.717) is 6.04 Å². The summed E-state index contributed by atoms with van der Waals surface area (Å²) in [6.07, 6.45) is 3.00. The highest BCUT2D eigenvalue weighted by Gasteiger charge is 2.09. The van der Waals surface area contributed by atoms with Gasteiger partial charge in [0.05, 0.1) is 5.69 Å². The van der Waals surface area contributed by atoms with Crippen molar-refractivity contribution in [1.29, 1.82) is 0 Å². The lowest BCUT2D eigenvalue weighted by Crippen LogP contribution is -2.30. The minimum Gasteiger partial charge on any atom is -0.330 e. The van der Waals surface area contributed by atoms with E-state index in [1.807, 2.05) is 24.0 Å². The van der Waals surface area contributed by atoms with E-state index in [2.05, 4.69) is 24.0 Å². The van der Waals surface area contributed by atoms with Gasteiger partial charge in [0.25, 0.3) is 0 Å². The van der Waals surface area contributed by atoms with Crippen LogP contribution in [0.1, 0.15) is 19.0 Å². The highest BCUT2D eigenvalue weighted by molar-refractivity contribution is 4.98. The zero-order valence-electron chi connectivity index (χ0n) is 9.27. The lowest BCUT2D eigenvalue weighted by Gasteiger charge is -2.23. The van der Waals surface area contributed by atoms with Crippen molar-refractivity contribution in [2.75, 3.05) is 13.6 Å². The molecule has 2 N–H and O–H groups in total. The van der Waals surface area contributed by atoms with Crippen LogP contribution in [0.4, 0.5) is 0 Å². The quantitative estimate of drug-likeness (QED) is 0.749. The number of nitrogens with two attached hydrogens (primary N) is 1. The van der Waals surface area contributed by atoms with Crippen LogP contribution >= 0.6 is 0 Å². The fourth-order valence-electron chi connectivity index (χ4n) is 1.42. The van der Waals surface area contributed by atoms with E-state index < -0.39 is 0 Å². The molecule has 0 aromatic carbocycles. The van der Waals surface area contributed by atoms with Crippen LogP contribution < -0.4 is 5.73 Å². The number of aryl methyl sites for hydroxylation is 1. The van der Waals surface area contributed by atoms with Gasteiger partial charge in [-0.2, -0.15) is 5.10 Å². The van der Waals surface area contributed by atoms with E-state index in [0.717, 1.165) is 25.2 Å². The highest BCUT2D eigenvalue weighted by atomic mass is 15.3. The second kappa shape index (κ2) is 5.12. The van der Waals surface area contributed by atoms with Gasteiger partial charge < -0.3 is 5.73 Å². The maximum Gasteiger partial charge on any atom is 0.0764 e. The molecule has 1 rings (SSSR count). The summed E-state index contributed by atoms with van der Waals surface area (Å²) < 4.78 is 1.83. The lowest BCUT2D eigenvalue weighted by molar-refractivity contribution is 0.237. The predicted octanol–water partition coefficient (Wildman–Crippen LogP) is 0.589. The summed E-state index contributed by atoms with van der Waals surface area (Å²) in [6, 6.07) is 2.56. The summed E-state index contributed by atoms with van der Waals surface area (Å²) in [5.41, 5.74) is 6.63. The van der Waals surface area contributed by atoms with Crippen LogP contribution in [0.2, 0.25) is 0 Å². The van der Waals surface area contributed by atoms with Crippen LogP contribution in [0.25, 0.3) is 0 Å². The van der Waals surface area contributed by atoms with E-state index >= 15 is 0 Å². The summed E-state index contributed by atoms with van der Waals surface area (Å²) in [5, 5.41) is 4.34. The molecule has 4 nitrogen and oxygen atoms in total. The van der Waals surface area contributed by atoms with E-state index in [1.165, 1.54) is 0 Å². The molecule has 1 atom stereocenters. The Labute approximate surface area is 85.7 Å². The molecule has 0 aliphatic carbocycles. The normalized spacial score (nSPS) is 13.5. The van der Waals surface area contributed by atoms with Gasteiger partial charge in [0, 0.05) is 25.8 Å². The molecular formula is C10H20N4. The largest absolute Gasteiger partial charge is 0.330 e. The first-order chi connectivity index (χ1) is 6.63. The minimum absolute atomic E-state index is 0.516. The molecule has 1 aromatic rings. The Morgan fingerprint density at radius 1 is 1.64 bits per heavy atom. The molecule has 1 heterocycles. The highest BCUT2D eigenvalue weighted by Crippen LogP contribution is 2.05. The van der Waals surface area contributed by atoms with Crippen LogP contribution in [0, 0.1) is 0 Å². The number of aromatic nitrogens is 2. The van der Waals surface area contributed by atoms with Gasteiger partial charge in [0.2, 0.25) is 0 Å². The Kier molecular flexibility index (Phi) is 4.10. The van der Waals surface area contributed by atoms with Gasteiger partial charge in [-0.1, -0.05) is 0 Å². The monoisotopic (exact) mass is 196 g/mol. The van der Waals surface area contributed by atoms with Gasteiger partial charge in [-0.05, 0) is 33.0 Å². The average molecular weight is 196 g/mol. The molecule has 0 amide bonds. The number of hydrogen-bond acceptors (Lipinski definition) is 3. The van der Waals surface area contributed by atoms with E-state index in [9.17, 15) is 0 Å². The second-order valence-electron chi connectivity index (χ2n) is 3.82. The van der Waals surface area contributed by atoms with Gasteiger partial charge >= 0.3 is 0 Å². The van der Waals surface area contributed by atoms with Crippen molar-refractivity contribution in [1.82, 2.24) is 14.7 Å². The Bertz CT molecular complexity index is 269. The summed E-state index contributed by atoms with van der Waals surface area (Å²) in [7, 11) is 4.04. The molecule has 80 valence electrons. The Balaban J connectivity index is 2.43. The van der Waals surface area contributed by atoms with Gasteiger partial charge in [-0.25, -0.2) is 0 Å². The topological polar surface area (TPSA) is 47.1 Å². The molecule has 0 fully saturated rings. The molecular weight excluding hydrogens is 176 g/mol. The van der Waals surface area contributed by atoms with Crippen LogP contribution in [0.3, 0.4) is 0 Å². The molecule has 0 radical (unpaired) electrons. The van der Waals surface area contributed by atoms with E-state index in [-0.39, 0.29) is 0 Å². The van der Waals surface area contributed by atoms with E-state index in [1.54, 1.807) is 0 Å².